The van der Waals surface area contributed by atoms with E-state index in [-0.39, 0.29) is 6.10 Å². The third-order valence-electron chi connectivity index (χ3n) is 3.96. The molecule has 0 amide bonds. The van der Waals surface area contributed by atoms with Gasteiger partial charge in [-0.3, -0.25) is 5.10 Å². The van der Waals surface area contributed by atoms with Crippen molar-refractivity contribution in [2.24, 2.45) is 5.73 Å². The zero-order valence-corrected chi connectivity index (χ0v) is 14.1. The molecule has 1 aromatic heterocycles. The molecule has 7 nitrogen and oxygen atoms in total. The fraction of sp³-hybridized carbons (Fsp3) is 0.529. The number of ether oxygens (including phenoxy) is 3. The first kappa shape index (κ1) is 16.7. The summed E-state index contributed by atoms with van der Waals surface area (Å²) in [4.78, 5) is 4.51. The summed E-state index contributed by atoms with van der Waals surface area (Å²) in [5, 5.41) is 7.21. The second-order valence-corrected chi connectivity index (χ2v) is 5.63. The summed E-state index contributed by atoms with van der Waals surface area (Å²) in [5.74, 6) is 2.69. The van der Waals surface area contributed by atoms with Crippen molar-refractivity contribution in [1.82, 2.24) is 15.2 Å². The highest BCUT2D eigenvalue weighted by Gasteiger charge is 2.23. The largest absolute Gasteiger partial charge is 0.490 e. The second kappa shape index (κ2) is 7.63. The number of H-pyrrole nitrogens is 1. The molecule has 1 aliphatic heterocycles. The van der Waals surface area contributed by atoms with Crippen molar-refractivity contribution in [1.29, 1.82) is 0 Å². The maximum atomic E-state index is 6.34. The van der Waals surface area contributed by atoms with Crippen molar-refractivity contribution in [2.75, 3.05) is 19.8 Å². The van der Waals surface area contributed by atoms with Crippen LogP contribution in [0.4, 0.5) is 0 Å². The van der Waals surface area contributed by atoms with Gasteiger partial charge in [0.2, 0.25) is 0 Å². The first-order valence-corrected chi connectivity index (χ1v) is 8.41. The van der Waals surface area contributed by atoms with Gasteiger partial charge in [0, 0.05) is 6.61 Å². The highest BCUT2D eigenvalue weighted by atomic mass is 16.5. The van der Waals surface area contributed by atoms with Crippen molar-refractivity contribution in [2.45, 2.75) is 38.8 Å². The van der Waals surface area contributed by atoms with Gasteiger partial charge in [-0.15, -0.1) is 0 Å². The first-order valence-electron chi connectivity index (χ1n) is 8.41. The van der Waals surface area contributed by atoms with E-state index in [1.54, 1.807) is 0 Å². The Bertz CT molecular complexity index is 668. The van der Waals surface area contributed by atoms with Crippen LogP contribution in [0.15, 0.2) is 18.2 Å². The molecule has 3 N–H and O–H groups in total. The molecular formula is C17H24N4O3. The number of nitrogens with two attached hydrogens (primary N) is 1. The Labute approximate surface area is 141 Å². The van der Waals surface area contributed by atoms with E-state index in [9.17, 15) is 0 Å². The number of aromatic amines is 1. The number of nitrogens with one attached hydrogen (secondary N) is 1. The molecule has 0 radical (unpaired) electrons. The van der Waals surface area contributed by atoms with Crippen LogP contribution in [0.3, 0.4) is 0 Å². The zero-order chi connectivity index (χ0) is 16.9. The van der Waals surface area contributed by atoms with Gasteiger partial charge in [0.1, 0.15) is 6.10 Å². The van der Waals surface area contributed by atoms with Crippen LogP contribution < -0.4 is 15.2 Å². The average Bonchev–Trinajstić information content (AvgIpc) is 3.27. The molecule has 2 atom stereocenters. The van der Waals surface area contributed by atoms with Crippen molar-refractivity contribution in [3.8, 4) is 11.5 Å². The van der Waals surface area contributed by atoms with Crippen LogP contribution in [-0.4, -0.2) is 35.0 Å². The topological polar surface area (TPSA) is 95.3 Å². The molecule has 130 valence electrons. The monoisotopic (exact) mass is 332 g/mol. The van der Waals surface area contributed by atoms with Crippen LogP contribution in [0, 0.1) is 0 Å². The molecule has 2 heterocycles. The van der Waals surface area contributed by atoms with Gasteiger partial charge in [0.05, 0.1) is 19.3 Å². The maximum absolute atomic E-state index is 6.34. The molecule has 0 saturated carbocycles. The molecule has 3 rings (SSSR count). The smallest absolute Gasteiger partial charge is 0.171 e. The molecule has 24 heavy (non-hydrogen) atoms. The van der Waals surface area contributed by atoms with Crippen molar-refractivity contribution >= 4 is 0 Å². The Kier molecular flexibility index (Phi) is 5.32. The molecular weight excluding hydrogens is 308 g/mol. The summed E-state index contributed by atoms with van der Waals surface area (Å²) < 4.78 is 16.9. The summed E-state index contributed by atoms with van der Waals surface area (Å²) in [6.45, 7) is 5.78. The molecule has 1 fully saturated rings. The van der Waals surface area contributed by atoms with E-state index in [1.807, 2.05) is 32.0 Å². The summed E-state index contributed by atoms with van der Waals surface area (Å²) in [7, 11) is 0. The lowest BCUT2D eigenvalue weighted by Gasteiger charge is -2.14. The molecule has 1 saturated heterocycles. The van der Waals surface area contributed by atoms with Crippen molar-refractivity contribution in [3.63, 3.8) is 0 Å². The number of nitrogens with zero attached hydrogens (tertiary/aromatic N) is 2. The lowest BCUT2D eigenvalue weighted by Crippen LogP contribution is -2.14. The van der Waals surface area contributed by atoms with Crippen LogP contribution in [0.5, 0.6) is 11.5 Å². The average molecular weight is 332 g/mol. The fourth-order valence-corrected chi connectivity index (χ4v) is 2.77. The van der Waals surface area contributed by atoms with Crippen LogP contribution >= 0.6 is 0 Å². The number of rotatable bonds is 7. The SMILES string of the molecule is CCOc1ccc(C(N)c2n[nH]c(C3CCCO3)n2)cc1OCC. The fourth-order valence-electron chi connectivity index (χ4n) is 2.77. The summed E-state index contributed by atoms with van der Waals surface area (Å²) in [6.07, 6.45) is 2.00. The minimum absolute atomic E-state index is 0.00207. The van der Waals surface area contributed by atoms with E-state index in [0.29, 0.717) is 30.5 Å². The number of benzene rings is 1. The van der Waals surface area contributed by atoms with Gasteiger partial charge < -0.3 is 19.9 Å². The standard InChI is InChI=1S/C17H24N4O3/c1-3-22-12-8-7-11(10-14(12)23-4-2)15(18)17-19-16(20-21-17)13-6-5-9-24-13/h7-8,10,13,15H,3-6,9,18H2,1-2H3,(H,19,20,21). The highest BCUT2D eigenvalue weighted by molar-refractivity contribution is 5.44. The molecule has 1 aliphatic rings. The van der Waals surface area contributed by atoms with Crippen molar-refractivity contribution < 1.29 is 14.2 Å². The first-order chi connectivity index (χ1) is 11.7. The Balaban J connectivity index is 1.81. The Hall–Kier alpha value is -2.12. The van der Waals surface area contributed by atoms with Gasteiger partial charge in [0.15, 0.2) is 23.1 Å². The molecule has 2 aromatic rings. The van der Waals surface area contributed by atoms with E-state index < -0.39 is 6.04 Å². The van der Waals surface area contributed by atoms with Gasteiger partial charge >= 0.3 is 0 Å². The minimum atomic E-state index is -0.439. The molecule has 1 aromatic carbocycles. The van der Waals surface area contributed by atoms with Crippen LogP contribution in [0.25, 0.3) is 0 Å². The molecule has 7 heteroatoms. The third-order valence-corrected chi connectivity index (χ3v) is 3.96. The van der Waals surface area contributed by atoms with Crippen LogP contribution in [-0.2, 0) is 4.74 Å². The van der Waals surface area contributed by atoms with Crippen LogP contribution in [0.2, 0.25) is 0 Å². The minimum Gasteiger partial charge on any atom is -0.490 e. The highest BCUT2D eigenvalue weighted by Crippen LogP contribution is 2.32. The predicted molar refractivity (Wildman–Crippen MR) is 89.1 cm³/mol. The van der Waals surface area contributed by atoms with E-state index in [2.05, 4.69) is 15.2 Å². The lowest BCUT2D eigenvalue weighted by atomic mass is 10.1. The van der Waals surface area contributed by atoms with Gasteiger partial charge in [-0.2, -0.15) is 5.10 Å². The van der Waals surface area contributed by atoms with Gasteiger partial charge in [-0.05, 0) is 44.4 Å². The molecule has 2 unspecified atom stereocenters. The zero-order valence-electron chi connectivity index (χ0n) is 14.1. The third kappa shape index (κ3) is 3.52. The van der Waals surface area contributed by atoms with Crippen LogP contribution in [0.1, 0.15) is 56.0 Å². The molecule has 0 aliphatic carbocycles. The van der Waals surface area contributed by atoms with Gasteiger partial charge in [-0.1, -0.05) is 6.07 Å². The quantitative estimate of drug-likeness (QED) is 0.809. The molecule has 0 bridgehead atoms. The van der Waals surface area contributed by atoms with E-state index in [4.69, 9.17) is 19.9 Å². The Morgan fingerprint density at radius 2 is 2.08 bits per heavy atom. The van der Waals surface area contributed by atoms with E-state index in [0.717, 1.165) is 30.8 Å². The number of hydrogen-bond acceptors (Lipinski definition) is 6. The van der Waals surface area contributed by atoms with Gasteiger partial charge in [0.25, 0.3) is 0 Å². The number of hydrogen-bond donors (Lipinski definition) is 2. The Morgan fingerprint density at radius 3 is 2.79 bits per heavy atom. The Morgan fingerprint density at radius 1 is 1.29 bits per heavy atom. The van der Waals surface area contributed by atoms with E-state index >= 15 is 0 Å². The van der Waals surface area contributed by atoms with E-state index in [1.165, 1.54) is 0 Å². The summed E-state index contributed by atoms with van der Waals surface area (Å²) >= 11 is 0. The summed E-state index contributed by atoms with van der Waals surface area (Å²) in [5.41, 5.74) is 7.21. The predicted octanol–water partition coefficient (Wildman–Crippen LogP) is 2.50. The molecule has 0 spiro atoms. The normalized spacial score (nSPS) is 18.5. The number of aromatic nitrogens is 3. The second-order valence-electron chi connectivity index (χ2n) is 5.63. The van der Waals surface area contributed by atoms with Gasteiger partial charge in [-0.25, -0.2) is 4.98 Å². The lowest BCUT2D eigenvalue weighted by molar-refractivity contribution is 0.105. The summed E-state index contributed by atoms with van der Waals surface area (Å²) in [6, 6.07) is 5.24. The van der Waals surface area contributed by atoms with Crippen molar-refractivity contribution in [3.05, 3.63) is 35.4 Å². The maximum Gasteiger partial charge on any atom is 0.171 e.